The van der Waals surface area contributed by atoms with Crippen LogP contribution in [-0.4, -0.2) is 34.2 Å². The molecule has 1 aromatic heterocycles. The predicted molar refractivity (Wildman–Crippen MR) is 69.3 cm³/mol. The normalized spacial score (nSPS) is 17.3. The van der Waals surface area contributed by atoms with Crippen LogP contribution in [0.2, 0.25) is 0 Å². The molecule has 1 aliphatic rings. The summed E-state index contributed by atoms with van der Waals surface area (Å²) in [6, 6.07) is 2.15. The van der Waals surface area contributed by atoms with Crippen LogP contribution in [0.1, 0.15) is 22.2 Å². The van der Waals surface area contributed by atoms with Crippen molar-refractivity contribution in [3.8, 4) is 0 Å². The molecule has 1 N–H and O–H groups in total. The average molecular weight is 306 g/mol. The number of Topliss-reactive ketones (excluding diaryl/α,β-unsaturated/α-hetero) is 1. The van der Waals surface area contributed by atoms with Gasteiger partial charge in [-0.25, -0.2) is 13.6 Å². The quantitative estimate of drug-likeness (QED) is 0.851. The molecular formula is C14H8F2N2O4. The summed E-state index contributed by atoms with van der Waals surface area (Å²) in [5.74, 6) is -4.57. The van der Waals surface area contributed by atoms with Crippen molar-refractivity contribution in [3.63, 3.8) is 0 Å². The number of carbonyl (C=O) groups excluding carboxylic acids is 1. The number of nitrogens with zero attached hydrogens (tertiary/aromatic N) is 2. The van der Waals surface area contributed by atoms with Gasteiger partial charge in [0.05, 0.1) is 0 Å². The van der Waals surface area contributed by atoms with E-state index in [9.17, 15) is 18.4 Å². The molecule has 1 aromatic carbocycles. The maximum atomic E-state index is 13.8. The van der Waals surface area contributed by atoms with Crippen molar-refractivity contribution in [2.75, 3.05) is 7.11 Å². The number of carboxylic acids is 1. The lowest BCUT2D eigenvalue weighted by Gasteiger charge is -2.21. The summed E-state index contributed by atoms with van der Waals surface area (Å²) in [5, 5.41) is 16.3. The maximum absolute atomic E-state index is 13.8. The summed E-state index contributed by atoms with van der Waals surface area (Å²) in [6.45, 7) is 0. The number of hydrogen-bond acceptors (Lipinski definition) is 5. The molecule has 22 heavy (non-hydrogen) atoms. The van der Waals surface area contributed by atoms with E-state index in [-0.39, 0.29) is 22.2 Å². The molecule has 0 fully saturated rings. The highest BCUT2D eigenvalue weighted by Gasteiger charge is 2.34. The van der Waals surface area contributed by atoms with Gasteiger partial charge in [0.2, 0.25) is 5.78 Å². The van der Waals surface area contributed by atoms with Gasteiger partial charge in [0.15, 0.2) is 11.6 Å². The molecule has 2 aromatic rings. The lowest BCUT2D eigenvalue weighted by molar-refractivity contribution is -0.132. The second kappa shape index (κ2) is 4.92. The first-order valence-electron chi connectivity index (χ1n) is 6.12. The molecule has 1 aliphatic carbocycles. The molecule has 0 spiro atoms. The Morgan fingerprint density at radius 2 is 2.05 bits per heavy atom. The van der Waals surface area contributed by atoms with Crippen molar-refractivity contribution in [2.45, 2.75) is 6.10 Å². The van der Waals surface area contributed by atoms with Crippen molar-refractivity contribution in [1.29, 1.82) is 0 Å². The molecule has 8 heteroatoms. The molecule has 6 nitrogen and oxygen atoms in total. The Morgan fingerprint density at radius 1 is 1.32 bits per heavy atom. The fraction of sp³-hybridized carbons (Fsp3) is 0.143. The number of hydrogen-bond donors (Lipinski definition) is 1. The average Bonchev–Trinajstić information content (AvgIpc) is 2.50. The molecule has 0 aliphatic heterocycles. The van der Waals surface area contributed by atoms with Crippen molar-refractivity contribution >= 4 is 22.7 Å². The lowest BCUT2D eigenvalue weighted by atomic mass is 9.90. The highest BCUT2D eigenvalue weighted by molar-refractivity contribution is 6.25. The third-order valence-corrected chi connectivity index (χ3v) is 3.41. The van der Waals surface area contributed by atoms with Crippen LogP contribution in [0, 0.1) is 11.6 Å². The van der Waals surface area contributed by atoms with E-state index in [1.807, 2.05) is 0 Å². The van der Waals surface area contributed by atoms with Crippen LogP contribution in [-0.2, 0) is 9.53 Å². The monoisotopic (exact) mass is 306 g/mol. The third kappa shape index (κ3) is 1.88. The fourth-order valence-electron chi connectivity index (χ4n) is 2.38. The zero-order valence-corrected chi connectivity index (χ0v) is 11.1. The van der Waals surface area contributed by atoms with Gasteiger partial charge >= 0.3 is 5.97 Å². The molecule has 0 saturated heterocycles. The van der Waals surface area contributed by atoms with Gasteiger partial charge in [-0.15, -0.1) is 10.2 Å². The van der Waals surface area contributed by atoms with E-state index in [4.69, 9.17) is 9.84 Å². The summed E-state index contributed by atoms with van der Waals surface area (Å²) in [5.41, 5.74) is -0.928. The Bertz CT molecular complexity index is 864. The van der Waals surface area contributed by atoms with Crippen molar-refractivity contribution in [1.82, 2.24) is 10.2 Å². The van der Waals surface area contributed by atoms with Crippen LogP contribution < -0.4 is 0 Å². The Labute approximate surface area is 122 Å². The highest BCUT2D eigenvalue weighted by atomic mass is 19.2. The predicted octanol–water partition coefficient (Wildman–Crippen LogP) is 1.80. The molecule has 0 saturated carbocycles. The van der Waals surface area contributed by atoms with Crippen LogP contribution in [0.4, 0.5) is 8.78 Å². The summed E-state index contributed by atoms with van der Waals surface area (Å²) in [7, 11) is 1.30. The molecule has 1 heterocycles. The number of fused-ring (bicyclic) bond motifs is 3. The first kappa shape index (κ1) is 14.2. The van der Waals surface area contributed by atoms with E-state index in [0.717, 1.165) is 12.1 Å². The van der Waals surface area contributed by atoms with Crippen LogP contribution in [0.3, 0.4) is 0 Å². The topological polar surface area (TPSA) is 89.4 Å². The summed E-state index contributed by atoms with van der Waals surface area (Å²) in [4.78, 5) is 23.2. The minimum absolute atomic E-state index is 0.143. The lowest BCUT2D eigenvalue weighted by Crippen LogP contribution is -2.24. The molecule has 1 atom stereocenters. The van der Waals surface area contributed by atoms with Crippen molar-refractivity contribution < 1.29 is 28.2 Å². The second-order valence-electron chi connectivity index (χ2n) is 4.59. The van der Waals surface area contributed by atoms with Gasteiger partial charge in [-0.3, -0.25) is 4.79 Å². The Morgan fingerprint density at radius 3 is 2.68 bits per heavy atom. The number of ketones is 1. The van der Waals surface area contributed by atoms with E-state index in [1.165, 1.54) is 13.2 Å². The summed E-state index contributed by atoms with van der Waals surface area (Å²) >= 11 is 0. The minimum atomic E-state index is -1.43. The van der Waals surface area contributed by atoms with Crippen LogP contribution in [0.25, 0.3) is 10.9 Å². The summed E-state index contributed by atoms with van der Waals surface area (Å²) in [6.07, 6.45) is 0.178. The van der Waals surface area contributed by atoms with Crippen LogP contribution in [0.15, 0.2) is 23.8 Å². The smallest absolute Gasteiger partial charge is 0.339 e. The number of aliphatic carboxylic acids is 1. The number of halogens is 2. The number of rotatable bonds is 2. The largest absolute Gasteiger partial charge is 0.478 e. The van der Waals surface area contributed by atoms with Gasteiger partial charge in [0.1, 0.15) is 22.9 Å². The van der Waals surface area contributed by atoms with Crippen LogP contribution >= 0.6 is 0 Å². The van der Waals surface area contributed by atoms with E-state index in [2.05, 4.69) is 10.2 Å². The Hall–Kier alpha value is -2.74. The SMILES string of the molecule is COC1C=C(C(=O)O)C(=O)c2nnc3c(F)c(F)ccc3c21. The number of carbonyl (C=O) groups is 2. The van der Waals surface area contributed by atoms with Crippen molar-refractivity contribution in [3.05, 3.63) is 46.7 Å². The van der Waals surface area contributed by atoms with Gasteiger partial charge in [-0.05, 0) is 18.2 Å². The summed E-state index contributed by atoms with van der Waals surface area (Å²) < 4.78 is 32.2. The third-order valence-electron chi connectivity index (χ3n) is 3.41. The number of carboxylic acid groups (broad SMARTS) is 1. The second-order valence-corrected chi connectivity index (χ2v) is 4.59. The van der Waals surface area contributed by atoms with Crippen molar-refractivity contribution in [2.24, 2.45) is 0 Å². The van der Waals surface area contributed by atoms with Crippen LogP contribution in [0.5, 0.6) is 0 Å². The first-order chi connectivity index (χ1) is 10.5. The Balaban J connectivity index is 2.36. The first-order valence-corrected chi connectivity index (χ1v) is 6.12. The van der Waals surface area contributed by atoms with Gasteiger partial charge in [-0.2, -0.15) is 0 Å². The molecule has 0 radical (unpaired) electrons. The zero-order valence-electron chi connectivity index (χ0n) is 11.1. The van der Waals surface area contributed by atoms with Gasteiger partial charge in [0, 0.05) is 18.1 Å². The zero-order chi connectivity index (χ0) is 16.0. The number of benzene rings is 1. The van der Waals surface area contributed by atoms with Gasteiger partial charge < -0.3 is 9.84 Å². The minimum Gasteiger partial charge on any atom is -0.478 e. The fourth-order valence-corrected chi connectivity index (χ4v) is 2.38. The van der Waals surface area contributed by atoms with Gasteiger partial charge in [0.25, 0.3) is 0 Å². The highest BCUT2D eigenvalue weighted by Crippen LogP contribution is 2.35. The molecule has 1 unspecified atom stereocenters. The molecule has 3 rings (SSSR count). The van der Waals surface area contributed by atoms with Gasteiger partial charge in [-0.1, -0.05) is 0 Å². The van der Waals surface area contributed by atoms with E-state index < -0.39 is 35.1 Å². The number of aromatic nitrogens is 2. The number of ether oxygens (including phenoxy) is 1. The molecule has 0 amide bonds. The standard InChI is InChI=1S/C14H8F2N2O4/c1-22-8-4-6(14(20)21)13(19)12-9(8)5-2-3-7(15)10(16)11(5)17-18-12/h2-4,8H,1H3,(H,20,21). The van der Waals surface area contributed by atoms with E-state index >= 15 is 0 Å². The van der Waals surface area contributed by atoms with E-state index in [1.54, 1.807) is 0 Å². The molecule has 0 bridgehead atoms. The van der Waals surface area contributed by atoms with E-state index in [0.29, 0.717) is 0 Å². The molecule has 112 valence electrons. The Kier molecular flexibility index (Phi) is 3.18. The maximum Gasteiger partial charge on any atom is 0.339 e. The molecular weight excluding hydrogens is 298 g/mol. The number of methoxy groups -OCH3 is 1.